The van der Waals surface area contributed by atoms with Gasteiger partial charge in [0.25, 0.3) is 0 Å². The summed E-state index contributed by atoms with van der Waals surface area (Å²) in [7, 11) is -3.32. The van der Waals surface area contributed by atoms with Crippen LogP contribution in [-0.2, 0) is 9.84 Å². The Morgan fingerprint density at radius 1 is 1.18 bits per heavy atom. The standard InChI is InChI=1S/C16H19N3O2S/c1-3-6-22(20,21)14-4-5-16(19-18)15(10-14)12-7-11(2)8-13(17)9-12/h4-5,7-10,18H,3,6,17H2,1-2H3. The van der Waals surface area contributed by atoms with Gasteiger partial charge in [0.05, 0.1) is 16.3 Å². The number of rotatable bonds is 5. The van der Waals surface area contributed by atoms with Crippen molar-refractivity contribution in [3.8, 4) is 11.1 Å². The van der Waals surface area contributed by atoms with Crippen molar-refractivity contribution in [2.24, 2.45) is 5.11 Å². The van der Waals surface area contributed by atoms with Crippen molar-refractivity contribution in [1.29, 1.82) is 5.53 Å². The SMILES string of the molecule is CCCS(=O)(=O)c1ccc(N=N)c(-c2cc(C)cc(N)c2)c1. The van der Waals surface area contributed by atoms with Crippen LogP contribution in [0, 0.1) is 12.5 Å². The number of hydrogen-bond acceptors (Lipinski definition) is 5. The normalized spacial score (nSPS) is 11.4. The van der Waals surface area contributed by atoms with Gasteiger partial charge in [-0.15, -0.1) is 0 Å². The van der Waals surface area contributed by atoms with Gasteiger partial charge in [0.15, 0.2) is 9.84 Å². The summed E-state index contributed by atoms with van der Waals surface area (Å²) in [6, 6.07) is 10.1. The highest BCUT2D eigenvalue weighted by Gasteiger charge is 2.16. The van der Waals surface area contributed by atoms with Crippen molar-refractivity contribution in [1.82, 2.24) is 0 Å². The number of hydrogen-bond donors (Lipinski definition) is 2. The van der Waals surface area contributed by atoms with Crippen LogP contribution in [0.5, 0.6) is 0 Å². The molecule has 0 atom stereocenters. The molecule has 0 bridgehead atoms. The van der Waals surface area contributed by atoms with Gasteiger partial charge in [-0.2, -0.15) is 5.11 Å². The Morgan fingerprint density at radius 2 is 1.91 bits per heavy atom. The van der Waals surface area contributed by atoms with Crippen LogP contribution in [-0.4, -0.2) is 14.2 Å². The van der Waals surface area contributed by atoms with Crippen molar-refractivity contribution in [2.75, 3.05) is 11.5 Å². The zero-order valence-electron chi connectivity index (χ0n) is 12.6. The maximum absolute atomic E-state index is 12.2. The van der Waals surface area contributed by atoms with Crippen molar-refractivity contribution >= 4 is 21.2 Å². The number of aryl methyl sites for hydroxylation is 1. The highest BCUT2D eigenvalue weighted by Crippen LogP contribution is 2.34. The number of nitrogens with two attached hydrogens (primary N) is 1. The van der Waals surface area contributed by atoms with Gasteiger partial charge in [-0.1, -0.05) is 13.0 Å². The summed E-state index contributed by atoms with van der Waals surface area (Å²) in [5.41, 5.74) is 16.5. The van der Waals surface area contributed by atoms with E-state index in [9.17, 15) is 8.42 Å². The third-order valence-electron chi connectivity index (χ3n) is 3.33. The summed E-state index contributed by atoms with van der Waals surface area (Å²) in [5, 5.41) is 3.49. The highest BCUT2D eigenvalue weighted by atomic mass is 32.2. The molecule has 0 aliphatic carbocycles. The largest absolute Gasteiger partial charge is 0.399 e. The molecule has 2 rings (SSSR count). The molecule has 0 spiro atoms. The molecular formula is C16H19N3O2S. The van der Waals surface area contributed by atoms with Gasteiger partial charge >= 0.3 is 0 Å². The molecule has 5 nitrogen and oxygen atoms in total. The van der Waals surface area contributed by atoms with Gasteiger partial charge in [0.1, 0.15) is 0 Å². The monoisotopic (exact) mass is 317 g/mol. The number of nitrogens with zero attached hydrogens (tertiary/aromatic N) is 1. The maximum atomic E-state index is 12.2. The second kappa shape index (κ2) is 6.27. The van der Waals surface area contributed by atoms with Crippen molar-refractivity contribution in [3.05, 3.63) is 42.0 Å². The molecule has 0 aliphatic rings. The average Bonchev–Trinajstić information content (AvgIpc) is 2.45. The van der Waals surface area contributed by atoms with Gasteiger partial charge in [-0.25, -0.2) is 13.9 Å². The average molecular weight is 317 g/mol. The fourth-order valence-corrected chi connectivity index (χ4v) is 3.74. The second-order valence-electron chi connectivity index (χ2n) is 5.24. The summed E-state index contributed by atoms with van der Waals surface area (Å²) < 4.78 is 24.5. The Balaban J connectivity index is 2.66. The molecule has 0 radical (unpaired) electrons. The maximum Gasteiger partial charge on any atom is 0.178 e. The predicted octanol–water partition coefficient (Wildman–Crippen LogP) is 4.09. The van der Waals surface area contributed by atoms with E-state index >= 15 is 0 Å². The molecule has 0 aromatic heterocycles. The third kappa shape index (κ3) is 3.33. The number of nitrogen functional groups attached to an aromatic ring is 1. The van der Waals surface area contributed by atoms with E-state index in [0.29, 0.717) is 23.4 Å². The van der Waals surface area contributed by atoms with Crippen LogP contribution >= 0.6 is 0 Å². The van der Waals surface area contributed by atoms with E-state index in [1.165, 1.54) is 6.07 Å². The minimum absolute atomic E-state index is 0.0970. The number of anilines is 1. The Labute approximate surface area is 130 Å². The Morgan fingerprint density at radius 3 is 2.50 bits per heavy atom. The van der Waals surface area contributed by atoms with Gasteiger partial charge in [0, 0.05) is 11.3 Å². The number of nitrogens with one attached hydrogen (secondary N) is 1. The van der Waals surface area contributed by atoms with Crippen LogP contribution in [0.15, 0.2) is 46.4 Å². The first-order chi connectivity index (χ1) is 10.4. The molecule has 3 N–H and O–H groups in total. The minimum Gasteiger partial charge on any atom is -0.399 e. The summed E-state index contributed by atoms with van der Waals surface area (Å²) in [6.45, 7) is 3.74. The van der Waals surface area contributed by atoms with E-state index in [4.69, 9.17) is 11.3 Å². The van der Waals surface area contributed by atoms with E-state index in [1.54, 1.807) is 18.2 Å². The van der Waals surface area contributed by atoms with Gasteiger partial charge in [-0.3, -0.25) is 0 Å². The van der Waals surface area contributed by atoms with Crippen LogP contribution in [0.2, 0.25) is 0 Å². The summed E-state index contributed by atoms with van der Waals surface area (Å²) in [6.07, 6.45) is 0.555. The first kappa shape index (κ1) is 16.2. The lowest BCUT2D eigenvalue weighted by molar-refractivity contribution is 0.595. The quantitative estimate of drug-likeness (QED) is 0.642. The molecule has 0 fully saturated rings. The molecule has 116 valence electrons. The van der Waals surface area contributed by atoms with Gasteiger partial charge in [-0.05, 0) is 54.8 Å². The summed E-state index contributed by atoms with van der Waals surface area (Å²) in [5.74, 6) is 0.0970. The number of sulfone groups is 1. The topological polar surface area (TPSA) is 96.4 Å². The molecule has 0 amide bonds. The smallest absolute Gasteiger partial charge is 0.178 e. The van der Waals surface area contributed by atoms with Crippen LogP contribution in [0.25, 0.3) is 11.1 Å². The first-order valence-corrected chi connectivity index (χ1v) is 8.64. The fraction of sp³-hybridized carbons (Fsp3) is 0.250. The van der Waals surface area contributed by atoms with Crippen LogP contribution in [0.1, 0.15) is 18.9 Å². The van der Waals surface area contributed by atoms with Crippen molar-refractivity contribution < 1.29 is 8.42 Å². The predicted molar refractivity (Wildman–Crippen MR) is 88.2 cm³/mol. The lowest BCUT2D eigenvalue weighted by Crippen LogP contribution is -2.05. The van der Waals surface area contributed by atoms with E-state index < -0.39 is 9.84 Å². The Bertz CT molecular complexity index is 794. The first-order valence-electron chi connectivity index (χ1n) is 6.99. The molecular weight excluding hydrogens is 298 g/mol. The Kier molecular flexibility index (Phi) is 4.61. The molecule has 0 saturated carbocycles. The molecule has 0 unspecified atom stereocenters. The molecule has 6 heteroatoms. The van der Waals surface area contributed by atoms with Crippen molar-refractivity contribution in [3.63, 3.8) is 0 Å². The molecule has 0 aliphatic heterocycles. The van der Waals surface area contributed by atoms with Gasteiger partial charge < -0.3 is 5.73 Å². The fourth-order valence-electron chi connectivity index (χ4n) is 2.39. The lowest BCUT2D eigenvalue weighted by Gasteiger charge is -2.10. The molecule has 0 saturated heterocycles. The van der Waals surface area contributed by atoms with Gasteiger partial charge in [0.2, 0.25) is 0 Å². The van der Waals surface area contributed by atoms with E-state index in [1.807, 2.05) is 26.0 Å². The van der Waals surface area contributed by atoms with Crippen LogP contribution in [0.3, 0.4) is 0 Å². The van der Waals surface area contributed by atoms with E-state index in [0.717, 1.165) is 11.1 Å². The van der Waals surface area contributed by atoms with E-state index in [2.05, 4.69) is 5.11 Å². The molecule has 22 heavy (non-hydrogen) atoms. The molecule has 2 aromatic rings. The minimum atomic E-state index is -3.32. The van der Waals surface area contributed by atoms with Crippen molar-refractivity contribution in [2.45, 2.75) is 25.2 Å². The second-order valence-corrected chi connectivity index (χ2v) is 7.35. The molecule has 2 aromatic carbocycles. The zero-order valence-corrected chi connectivity index (χ0v) is 13.4. The highest BCUT2D eigenvalue weighted by molar-refractivity contribution is 7.91. The lowest BCUT2D eigenvalue weighted by atomic mass is 10.0. The van der Waals surface area contributed by atoms with Crippen LogP contribution < -0.4 is 5.73 Å². The van der Waals surface area contributed by atoms with Crippen LogP contribution in [0.4, 0.5) is 11.4 Å². The number of benzene rings is 2. The third-order valence-corrected chi connectivity index (χ3v) is 5.25. The zero-order chi connectivity index (χ0) is 16.3. The summed E-state index contributed by atoms with van der Waals surface area (Å²) in [4.78, 5) is 0.247. The van der Waals surface area contributed by atoms with E-state index in [-0.39, 0.29) is 10.6 Å². The molecule has 0 heterocycles. The summed E-state index contributed by atoms with van der Waals surface area (Å²) >= 11 is 0. The Hall–Kier alpha value is -2.21.